The maximum atomic E-state index is 2.59. The van der Waals surface area contributed by atoms with E-state index in [0.717, 1.165) is 33.6 Å². The molecule has 0 aliphatic heterocycles. The van der Waals surface area contributed by atoms with Gasteiger partial charge in [-0.05, 0) is 80.4 Å². The van der Waals surface area contributed by atoms with Crippen LogP contribution < -0.4 is 20.7 Å². The second-order valence-electron chi connectivity index (χ2n) is 18.4. The zero-order valence-electron chi connectivity index (χ0n) is 38.3. The van der Waals surface area contributed by atoms with Crippen LogP contribution in [0, 0.1) is 0 Å². The lowest BCUT2D eigenvalue weighted by Gasteiger charge is -2.35. The molecule has 70 heavy (non-hydrogen) atoms. The second-order valence-corrected chi connectivity index (χ2v) is 22.2. The monoisotopic (exact) mass is 907 g/mol. The standard InChI is InChI=1S/C66H45N3Si/c1-5-23-46(24-6-1)47-25-21-26-48(43-47)67-59-38-17-15-35-55(59)57-37-22-42-63(65(57)67)69-62-41-20-16-36-56(62)58-44-52(45-64(66(58)69)68-60-39-18-13-33-53(60)54-34-14-19-40-61(54)68)70(49-27-7-2-8-28-49,50-29-9-3-10-30-50)51-31-11-4-12-32-51/h1-45H. The molecule has 0 fully saturated rings. The van der Waals surface area contributed by atoms with Crippen LogP contribution in [0.15, 0.2) is 273 Å². The molecule has 0 saturated carbocycles. The number of aromatic nitrogens is 3. The van der Waals surface area contributed by atoms with Gasteiger partial charge >= 0.3 is 0 Å². The van der Waals surface area contributed by atoms with E-state index in [9.17, 15) is 0 Å². The number of para-hydroxylation sites is 5. The third kappa shape index (κ3) is 5.94. The minimum atomic E-state index is -3.03. The van der Waals surface area contributed by atoms with Gasteiger partial charge in [-0.1, -0.05) is 224 Å². The maximum Gasteiger partial charge on any atom is 0.179 e. The lowest BCUT2D eigenvalue weighted by atomic mass is 10.1. The van der Waals surface area contributed by atoms with Crippen molar-refractivity contribution in [3.8, 4) is 28.2 Å². The fourth-order valence-corrected chi connectivity index (χ4v) is 16.7. The van der Waals surface area contributed by atoms with E-state index in [4.69, 9.17) is 0 Å². The maximum absolute atomic E-state index is 3.03. The van der Waals surface area contributed by atoms with Crippen LogP contribution in [0.4, 0.5) is 0 Å². The first-order valence-electron chi connectivity index (χ1n) is 24.2. The van der Waals surface area contributed by atoms with Crippen molar-refractivity contribution in [3.05, 3.63) is 273 Å². The van der Waals surface area contributed by atoms with Gasteiger partial charge < -0.3 is 13.7 Å². The number of nitrogens with zero attached hydrogens (tertiary/aromatic N) is 3. The quantitative estimate of drug-likeness (QED) is 0.107. The Hall–Kier alpha value is -8.96. The Balaban J connectivity index is 1.19. The first-order chi connectivity index (χ1) is 34.8. The van der Waals surface area contributed by atoms with Gasteiger partial charge in [0.05, 0.1) is 44.5 Å². The number of hydrogen-bond acceptors (Lipinski definition) is 0. The first-order valence-corrected chi connectivity index (χ1v) is 26.2. The third-order valence-electron chi connectivity index (χ3n) is 14.7. The highest BCUT2D eigenvalue weighted by Gasteiger charge is 2.42. The molecule has 0 radical (unpaired) electrons. The van der Waals surface area contributed by atoms with Gasteiger partial charge in [-0.2, -0.15) is 0 Å². The van der Waals surface area contributed by atoms with Crippen molar-refractivity contribution in [1.82, 2.24) is 13.7 Å². The molecule has 14 aromatic rings. The molecule has 11 aromatic carbocycles. The van der Waals surface area contributed by atoms with Crippen LogP contribution >= 0.6 is 0 Å². The van der Waals surface area contributed by atoms with Gasteiger partial charge in [0.2, 0.25) is 0 Å². The van der Waals surface area contributed by atoms with E-state index in [1.54, 1.807) is 0 Å². The zero-order valence-corrected chi connectivity index (χ0v) is 39.3. The minimum Gasteiger partial charge on any atom is -0.307 e. The van der Waals surface area contributed by atoms with E-state index in [1.807, 2.05) is 0 Å². The smallest absolute Gasteiger partial charge is 0.179 e. The topological polar surface area (TPSA) is 14.8 Å². The summed E-state index contributed by atoms with van der Waals surface area (Å²) >= 11 is 0. The summed E-state index contributed by atoms with van der Waals surface area (Å²) in [5.74, 6) is 0. The molecule has 0 N–H and O–H groups in total. The summed E-state index contributed by atoms with van der Waals surface area (Å²) < 4.78 is 7.65. The average Bonchev–Trinajstić information content (AvgIpc) is 4.09. The van der Waals surface area contributed by atoms with Crippen molar-refractivity contribution in [2.24, 2.45) is 0 Å². The minimum absolute atomic E-state index is 1.12. The summed E-state index contributed by atoms with van der Waals surface area (Å²) in [7, 11) is -3.03. The van der Waals surface area contributed by atoms with Crippen LogP contribution in [0.2, 0.25) is 0 Å². The second kappa shape index (κ2) is 16.1. The normalized spacial score (nSPS) is 12.0. The highest BCUT2D eigenvalue weighted by atomic mass is 28.3. The van der Waals surface area contributed by atoms with Crippen molar-refractivity contribution >= 4 is 94.2 Å². The first kappa shape index (κ1) is 40.1. The molecule has 3 aromatic heterocycles. The molecule has 3 nitrogen and oxygen atoms in total. The Morgan fingerprint density at radius 3 is 1.19 bits per heavy atom. The van der Waals surface area contributed by atoms with E-state index in [-0.39, 0.29) is 0 Å². The molecule has 4 heteroatoms. The molecule has 14 rings (SSSR count). The predicted molar refractivity (Wildman–Crippen MR) is 299 cm³/mol. The van der Waals surface area contributed by atoms with Crippen LogP contribution in [0.3, 0.4) is 0 Å². The van der Waals surface area contributed by atoms with Crippen molar-refractivity contribution in [2.75, 3.05) is 0 Å². The van der Waals surface area contributed by atoms with Crippen molar-refractivity contribution in [3.63, 3.8) is 0 Å². The lowest BCUT2D eigenvalue weighted by molar-refractivity contribution is 1.11. The molecular formula is C66H45N3Si. The van der Waals surface area contributed by atoms with Crippen molar-refractivity contribution < 1.29 is 0 Å². The van der Waals surface area contributed by atoms with E-state index in [1.165, 1.54) is 80.7 Å². The largest absolute Gasteiger partial charge is 0.307 e. The van der Waals surface area contributed by atoms with Gasteiger partial charge in [0, 0.05) is 38.0 Å². The predicted octanol–water partition coefficient (Wildman–Crippen LogP) is 14.0. The Morgan fingerprint density at radius 1 is 0.229 bits per heavy atom. The summed E-state index contributed by atoms with van der Waals surface area (Å²) in [6.45, 7) is 0. The van der Waals surface area contributed by atoms with Gasteiger partial charge in [0.25, 0.3) is 0 Å². The fourth-order valence-electron chi connectivity index (χ4n) is 11.9. The summed E-state index contributed by atoms with van der Waals surface area (Å²) in [5, 5.41) is 12.7. The molecule has 3 heterocycles. The van der Waals surface area contributed by atoms with Crippen molar-refractivity contribution in [1.29, 1.82) is 0 Å². The summed E-state index contributed by atoms with van der Waals surface area (Å²) in [5.41, 5.74) is 12.8. The molecule has 0 aliphatic carbocycles. The van der Waals surface area contributed by atoms with Crippen LogP contribution in [0.5, 0.6) is 0 Å². The van der Waals surface area contributed by atoms with Crippen molar-refractivity contribution in [2.45, 2.75) is 0 Å². The molecule has 0 aliphatic rings. The Bertz CT molecular complexity index is 4130. The Kier molecular flexibility index (Phi) is 9.23. The van der Waals surface area contributed by atoms with E-state index in [2.05, 4.69) is 287 Å². The molecule has 0 unspecified atom stereocenters. The number of fused-ring (bicyclic) bond motifs is 9. The third-order valence-corrected chi connectivity index (χ3v) is 19.5. The van der Waals surface area contributed by atoms with Crippen LogP contribution in [-0.4, -0.2) is 21.8 Å². The number of benzene rings is 11. The average molecular weight is 908 g/mol. The van der Waals surface area contributed by atoms with E-state index < -0.39 is 8.07 Å². The van der Waals surface area contributed by atoms with Gasteiger partial charge in [0.15, 0.2) is 8.07 Å². The van der Waals surface area contributed by atoms with E-state index >= 15 is 0 Å². The van der Waals surface area contributed by atoms with Gasteiger partial charge in [-0.25, -0.2) is 0 Å². The molecule has 328 valence electrons. The molecular weight excluding hydrogens is 863 g/mol. The number of hydrogen-bond donors (Lipinski definition) is 0. The van der Waals surface area contributed by atoms with Gasteiger partial charge in [-0.15, -0.1) is 0 Å². The molecule has 0 saturated heterocycles. The highest BCUT2D eigenvalue weighted by Crippen LogP contribution is 2.43. The lowest BCUT2D eigenvalue weighted by Crippen LogP contribution is -2.74. The van der Waals surface area contributed by atoms with Crippen LogP contribution in [0.25, 0.3) is 93.6 Å². The molecule has 0 spiro atoms. The van der Waals surface area contributed by atoms with Gasteiger partial charge in [-0.3, -0.25) is 0 Å². The van der Waals surface area contributed by atoms with Crippen LogP contribution in [0.1, 0.15) is 0 Å². The molecule has 0 atom stereocenters. The fraction of sp³-hybridized carbons (Fsp3) is 0. The highest BCUT2D eigenvalue weighted by molar-refractivity contribution is 7.20. The van der Waals surface area contributed by atoms with E-state index in [0.29, 0.717) is 0 Å². The zero-order chi connectivity index (χ0) is 46.2. The summed E-state index contributed by atoms with van der Waals surface area (Å²) in [4.78, 5) is 0. The molecule has 0 amide bonds. The summed E-state index contributed by atoms with van der Waals surface area (Å²) in [6, 6.07) is 102. The van der Waals surface area contributed by atoms with Crippen LogP contribution in [-0.2, 0) is 0 Å². The SMILES string of the molecule is c1ccc(-c2cccc(-n3c4ccccc4c4cccc(-n5c6ccccc6c6cc([Si](c7ccccc7)(c7ccccc7)c7ccccc7)cc(-n7c8ccccc8c8ccccc87)c65)c43)c2)cc1. The molecule has 0 bridgehead atoms. The summed E-state index contributed by atoms with van der Waals surface area (Å²) in [6.07, 6.45) is 0. The Morgan fingerprint density at radius 2 is 0.629 bits per heavy atom. The van der Waals surface area contributed by atoms with Gasteiger partial charge in [0.1, 0.15) is 0 Å². The number of rotatable bonds is 8. The Labute approximate surface area is 407 Å².